The topological polar surface area (TPSA) is 63.4 Å². The number of nitrogens with two attached hydrogens (primary N) is 1. The Hall–Kier alpha value is -0.430. The van der Waals surface area contributed by atoms with Crippen LogP contribution < -0.4 is 5.73 Å². The van der Waals surface area contributed by atoms with E-state index in [4.69, 9.17) is 5.73 Å². The molecule has 0 heterocycles. The summed E-state index contributed by atoms with van der Waals surface area (Å²) in [6, 6.07) is 4.78. The molecule has 17 heavy (non-hydrogen) atoms. The van der Waals surface area contributed by atoms with Crippen LogP contribution in [0.4, 0.5) is 0 Å². The van der Waals surface area contributed by atoms with Gasteiger partial charge in [0, 0.05) is 24.1 Å². The Morgan fingerprint density at radius 3 is 2.53 bits per heavy atom. The minimum absolute atomic E-state index is 0.222. The van der Waals surface area contributed by atoms with Crippen LogP contribution in [0.15, 0.2) is 27.6 Å². The number of hydrogen-bond acceptors (Lipinski definition) is 3. The van der Waals surface area contributed by atoms with Crippen molar-refractivity contribution >= 4 is 26.0 Å². The summed E-state index contributed by atoms with van der Waals surface area (Å²) in [5.41, 5.74) is 6.48. The van der Waals surface area contributed by atoms with Crippen molar-refractivity contribution in [3.05, 3.63) is 28.2 Å². The molecular weight excluding hydrogens is 304 g/mol. The zero-order chi connectivity index (χ0) is 13.2. The minimum atomic E-state index is -3.47. The van der Waals surface area contributed by atoms with Crippen molar-refractivity contribution in [3.63, 3.8) is 0 Å². The van der Waals surface area contributed by atoms with Gasteiger partial charge < -0.3 is 5.73 Å². The molecule has 0 saturated heterocycles. The second kappa shape index (κ2) is 5.48. The maximum absolute atomic E-state index is 12.2. The molecule has 1 unspecified atom stereocenters. The fraction of sp³-hybridized carbons (Fsp3) is 0.455. The van der Waals surface area contributed by atoms with Gasteiger partial charge in [0.05, 0.1) is 4.90 Å². The highest BCUT2D eigenvalue weighted by Crippen LogP contribution is 2.23. The molecule has 4 nitrogen and oxygen atoms in total. The summed E-state index contributed by atoms with van der Waals surface area (Å²) in [6.45, 7) is 3.98. The average Bonchev–Trinajstić information content (AvgIpc) is 2.30. The summed E-state index contributed by atoms with van der Waals surface area (Å²) in [7, 11) is -1.92. The Kier molecular flexibility index (Phi) is 4.71. The van der Waals surface area contributed by atoms with Gasteiger partial charge in [0.25, 0.3) is 0 Å². The normalized spacial score (nSPS) is 14.0. The van der Waals surface area contributed by atoms with E-state index in [2.05, 4.69) is 15.9 Å². The van der Waals surface area contributed by atoms with Crippen molar-refractivity contribution in [1.29, 1.82) is 0 Å². The molecule has 1 atom stereocenters. The Labute approximate surface area is 111 Å². The molecule has 0 aliphatic heterocycles. The van der Waals surface area contributed by atoms with E-state index in [0.717, 1.165) is 10.0 Å². The van der Waals surface area contributed by atoms with Gasteiger partial charge in [-0.2, -0.15) is 4.31 Å². The summed E-state index contributed by atoms with van der Waals surface area (Å²) >= 11 is 3.33. The maximum atomic E-state index is 12.2. The van der Waals surface area contributed by atoms with E-state index in [9.17, 15) is 8.42 Å². The van der Waals surface area contributed by atoms with Crippen LogP contribution in [0.2, 0.25) is 0 Å². The highest BCUT2D eigenvalue weighted by molar-refractivity contribution is 9.10. The van der Waals surface area contributed by atoms with Crippen LogP contribution in [0.3, 0.4) is 0 Å². The third-order valence-corrected chi connectivity index (χ3v) is 5.60. The van der Waals surface area contributed by atoms with Crippen molar-refractivity contribution in [3.8, 4) is 0 Å². The molecular formula is C11H17BrN2O2S. The lowest BCUT2D eigenvalue weighted by molar-refractivity contribution is 0.394. The van der Waals surface area contributed by atoms with Crippen LogP contribution in [0.5, 0.6) is 0 Å². The van der Waals surface area contributed by atoms with E-state index >= 15 is 0 Å². The van der Waals surface area contributed by atoms with Gasteiger partial charge in [0.1, 0.15) is 0 Å². The van der Waals surface area contributed by atoms with Crippen LogP contribution in [0.25, 0.3) is 0 Å². The van der Waals surface area contributed by atoms with Gasteiger partial charge in [-0.25, -0.2) is 8.42 Å². The van der Waals surface area contributed by atoms with Crippen LogP contribution in [0, 0.1) is 6.92 Å². The van der Waals surface area contributed by atoms with E-state index in [1.165, 1.54) is 4.31 Å². The molecule has 0 radical (unpaired) electrons. The molecule has 0 spiro atoms. The summed E-state index contributed by atoms with van der Waals surface area (Å²) in [5.74, 6) is 0. The van der Waals surface area contributed by atoms with Crippen LogP contribution in [-0.4, -0.2) is 32.4 Å². The zero-order valence-corrected chi connectivity index (χ0v) is 12.5. The second-order valence-corrected chi connectivity index (χ2v) is 6.87. The number of nitrogens with zero attached hydrogens (tertiary/aromatic N) is 1. The van der Waals surface area contributed by atoms with Crippen LogP contribution in [0.1, 0.15) is 12.5 Å². The van der Waals surface area contributed by atoms with Gasteiger partial charge in [-0.3, -0.25) is 0 Å². The van der Waals surface area contributed by atoms with E-state index in [0.29, 0.717) is 6.54 Å². The molecule has 0 aliphatic carbocycles. The summed E-state index contributed by atoms with van der Waals surface area (Å²) in [5, 5.41) is 0. The highest BCUT2D eigenvalue weighted by atomic mass is 79.9. The van der Waals surface area contributed by atoms with Gasteiger partial charge >= 0.3 is 0 Å². The molecule has 0 aromatic heterocycles. The van der Waals surface area contributed by atoms with Crippen molar-refractivity contribution < 1.29 is 8.42 Å². The number of sulfonamides is 1. The number of rotatable bonds is 4. The van der Waals surface area contributed by atoms with Gasteiger partial charge in [-0.1, -0.05) is 22.0 Å². The van der Waals surface area contributed by atoms with E-state index in [1.807, 2.05) is 6.92 Å². The molecule has 2 N–H and O–H groups in total. The Balaban J connectivity index is 3.17. The average molecular weight is 321 g/mol. The first-order chi connectivity index (χ1) is 7.80. The summed E-state index contributed by atoms with van der Waals surface area (Å²) in [4.78, 5) is 0.276. The van der Waals surface area contributed by atoms with Gasteiger partial charge in [-0.15, -0.1) is 0 Å². The molecule has 1 rings (SSSR count). The Bertz CT molecular complexity index is 502. The number of aryl methyl sites for hydroxylation is 1. The molecule has 0 aliphatic rings. The lowest BCUT2D eigenvalue weighted by Gasteiger charge is -2.23. The quantitative estimate of drug-likeness (QED) is 0.918. The smallest absolute Gasteiger partial charge is 0.243 e. The summed E-state index contributed by atoms with van der Waals surface area (Å²) in [6.07, 6.45) is 0. The third-order valence-electron chi connectivity index (χ3n) is 2.78. The molecule has 0 amide bonds. The van der Waals surface area contributed by atoms with Gasteiger partial charge in [0.15, 0.2) is 0 Å². The Morgan fingerprint density at radius 1 is 1.47 bits per heavy atom. The summed E-state index contributed by atoms with van der Waals surface area (Å²) < 4.78 is 26.6. The first kappa shape index (κ1) is 14.6. The molecule has 1 aromatic carbocycles. The first-order valence-electron chi connectivity index (χ1n) is 5.25. The van der Waals surface area contributed by atoms with Crippen LogP contribution in [-0.2, 0) is 10.0 Å². The molecule has 96 valence electrons. The lowest BCUT2D eigenvalue weighted by Crippen LogP contribution is -2.39. The van der Waals surface area contributed by atoms with Crippen molar-refractivity contribution in [2.24, 2.45) is 5.73 Å². The monoisotopic (exact) mass is 320 g/mol. The van der Waals surface area contributed by atoms with Crippen LogP contribution >= 0.6 is 15.9 Å². The second-order valence-electron chi connectivity index (χ2n) is 4.02. The van der Waals surface area contributed by atoms with Gasteiger partial charge in [0.2, 0.25) is 10.0 Å². The fourth-order valence-corrected chi connectivity index (χ4v) is 3.22. The number of benzene rings is 1. The maximum Gasteiger partial charge on any atom is 0.243 e. The minimum Gasteiger partial charge on any atom is -0.329 e. The van der Waals surface area contributed by atoms with Crippen molar-refractivity contribution in [2.45, 2.75) is 24.8 Å². The Morgan fingerprint density at radius 2 is 2.06 bits per heavy atom. The SMILES string of the molecule is Cc1ccc(S(=O)(=O)N(C)C(C)CN)cc1Br. The van der Waals surface area contributed by atoms with Crippen molar-refractivity contribution in [2.75, 3.05) is 13.6 Å². The fourth-order valence-electron chi connectivity index (χ4n) is 1.29. The molecule has 0 saturated carbocycles. The largest absolute Gasteiger partial charge is 0.329 e. The number of likely N-dealkylation sites (N-methyl/N-ethyl adjacent to an activating group) is 1. The predicted molar refractivity (Wildman–Crippen MR) is 72.3 cm³/mol. The lowest BCUT2D eigenvalue weighted by atomic mass is 10.2. The van der Waals surface area contributed by atoms with E-state index in [-0.39, 0.29) is 10.9 Å². The molecule has 6 heteroatoms. The van der Waals surface area contributed by atoms with Crippen molar-refractivity contribution in [1.82, 2.24) is 4.31 Å². The third kappa shape index (κ3) is 3.07. The first-order valence-corrected chi connectivity index (χ1v) is 7.48. The van der Waals surface area contributed by atoms with E-state index in [1.54, 1.807) is 32.2 Å². The zero-order valence-electron chi connectivity index (χ0n) is 10.1. The standard InChI is InChI=1S/C11H17BrN2O2S/c1-8-4-5-10(6-11(8)12)17(15,16)14(3)9(2)7-13/h4-6,9H,7,13H2,1-3H3. The number of hydrogen-bond donors (Lipinski definition) is 1. The number of halogens is 1. The van der Waals surface area contributed by atoms with E-state index < -0.39 is 10.0 Å². The molecule has 0 fully saturated rings. The predicted octanol–water partition coefficient (Wildman–Crippen LogP) is 1.73. The molecule has 1 aromatic rings. The van der Waals surface area contributed by atoms with Gasteiger partial charge in [-0.05, 0) is 31.5 Å². The highest BCUT2D eigenvalue weighted by Gasteiger charge is 2.24. The molecule has 0 bridgehead atoms.